The summed E-state index contributed by atoms with van der Waals surface area (Å²) < 4.78 is 45.4. The van der Waals surface area contributed by atoms with Crippen molar-refractivity contribution in [2.24, 2.45) is 0 Å². The highest BCUT2D eigenvalue weighted by Crippen LogP contribution is 2.31. The minimum absolute atomic E-state index is 0.0140. The molecule has 0 aliphatic carbocycles. The summed E-state index contributed by atoms with van der Waals surface area (Å²) in [5.41, 5.74) is -1.04. The van der Waals surface area contributed by atoms with Gasteiger partial charge in [0.2, 0.25) is 5.89 Å². The Morgan fingerprint density at radius 3 is 2.83 bits per heavy atom. The van der Waals surface area contributed by atoms with Gasteiger partial charge in [-0.2, -0.15) is 18.3 Å². The van der Waals surface area contributed by atoms with Crippen molar-refractivity contribution in [2.75, 3.05) is 6.61 Å². The molecule has 0 aliphatic heterocycles. The first-order chi connectivity index (χ1) is 11.0. The second-order valence-electron chi connectivity index (χ2n) is 4.77. The van der Waals surface area contributed by atoms with Gasteiger partial charge in [-0.3, -0.25) is 4.68 Å². The molecule has 0 fully saturated rings. The molecule has 0 bridgehead atoms. The van der Waals surface area contributed by atoms with Crippen molar-refractivity contribution in [1.82, 2.24) is 14.8 Å². The van der Waals surface area contributed by atoms with E-state index >= 15 is 0 Å². The number of hydrogen-bond acceptors (Lipinski definition) is 5. The standard InChI is InChI=1S/C14H12F3N3O2S/c15-14(16,17)13-9(3-4-21)7-20(19-13)8-12-18-6-10(22-12)11-2-1-5-23-11/h1-2,5-7,21H,3-4,8H2. The summed E-state index contributed by atoms with van der Waals surface area (Å²) in [4.78, 5) is 4.95. The van der Waals surface area contributed by atoms with Crippen LogP contribution < -0.4 is 0 Å². The number of rotatable bonds is 5. The Kier molecular flexibility index (Phi) is 4.22. The van der Waals surface area contributed by atoms with Gasteiger partial charge in [0.15, 0.2) is 11.5 Å². The van der Waals surface area contributed by atoms with Crippen molar-refractivity contribution >= 4 is 11.3 Å². The third-order valence-corrected chi connectivity index (χ3v) is 3.99. The second kappa shape index (κ2) is 6.17. The van der Waals surface area contributed by atoms with Crippen molar-refractivity contribution in [3.8, 4) is 10.6 Å². The predicted octanol–water partition coefficient (Wildman–Crippen LogP) is 3.20. The number of aliphatic hydroxyl groups is 1. The minimum atomic E-state index is -4.56. The highest BCUT2D eigenvalue weighted by molar-refractivity contribution is 7.13. The van der Waals surface area contributed by atoms with Gasteiger partial charge in [-0.05, 0) is 17.9 Å². The zero-order valence-corrected chi connectivity index (χ0v) is 12.6. The molecule has 3 heterocycles. The molecule has 3 aromatic rings. The Morgan fingerprint density at radius 1 is 1.35 bits per heavy atom. The average Bonchev–Trinajstić information content (AvgIpc) is 3.18. The van der Waals surface area contributed by atoms with Crippen LogP contribution in [0.25, 0.3) is 10.6 Å². The van der Waals surface area contributed by atoms with Crippen LogP contribution in [0.5, 0.6) is 0 Å². The van der Waals surface area contributed by atoms with E-state index < -0.39 is 11.9 Å². The fourth-order valence-electron chi connectivity index (χ4n) is 2.14. The van der Waals surface area contributed by atoms with Crippen LogP contribution in [-0.4, -0.2) is 26.5 Å². The van der Waals surface area contributed by atoms with E-state index in [1.165, 1.54) is 23.7 Å². The molecular formula is C14H12F3N3O2S. The molecule has 3 aromatic heterocycles. The van der Waals surface area contributed by atoms with Crippen molar-refractivity contribution < 1.29 is 22.7 Å². The molecule has 0 radical (unpaired) electrons. The van der Waals surface area contributed by atoms with Crippen LogP contribution in [0.3, 0.4) is 0 Å². The van der Waals surface area contributed by atoms with Crippen molar-refractivity contribution in [3.05, 3.63) is 47.1 Å². The molecule has 0 aliphatic rings. The first kappa shape index (κ1) is 15.8. The molecule has 23 heavy (non-hydrogen) atoms. The minimum Gasteiger partial charge on any atom is -0.438 e. The first-order valence-corrected chi connectivity index (χ1v) is 7.58. The molecule has 9 heteroatoms. The molecular weight excluding hydrogens is 331 g/mol. The van der Waals surface area contributed by atoms with E-state index in [0.29, 0.717) is 5.76 Å². The van der Waals surface area contributed by atoms with Gasteiger partial charge in [0, 0.05) is 18.4 Å². The number of hydrogen-bond donors (Lipinski definition) is 1. The predicted molar refractivity (Wildman–Crippen MR) is 76.9 cm³/mol. The molecule has 122 valence electrons. The molecule has 0 saturated heterocycles. The van der Waals surface area contributed by atoms with Crippen LogP contribution in [0.2, 0.25) is 0 Å². The van der Waals surface area contributed by atoms with Crippen molar-refractivity contribution in [3.63, 3.8) is 0 Å². The lowest BCUT2D eigenvalue weighted by atomic mass is 10.2. The third-order valence-electron chi connectivity index (χ3n) is 3.10. The molecule has 5 nitrogen and oxygen atoms in total. The van der Waals surface area contributed by atoms with E-state index in [1.807, 2.05) is 17.5 Å². The number of aromatic nitrogens is 3. The van der Waals surface area contributed by atoms with Crippen LogP contribution in [0, 0.1) is 0 Å². The maximum atomic E-state index is 12.9. The van der Waals surface area contributed by atoms with Gasteiger partial charge in [0.05, 0.1) is 11.1 Å². The summed E-state index contributed by atoms with van der Waals surface area (Å²) in [6, 6.07) is 3.73. The zero-order valence-electron chi connectivity index (χ0n) is 11.7. The maximum absolute atomic E-state index is 12.9. The van der Waals surface area contributed by atoms with Gasteiger partial charge in [0.25, 0.3) is 0 Å². The van der Waals surface area contributed by atoms with Crippen LogP contribution in [0.1, 0.15) is 17.1 Å². The van der Waals surface area contributed by atoms with E-state index in [2.05, 4.69) is 10.1 Å². The smallest absolute Gasteiger partial charge is 0.435 e. The second-order valence-corrected chi connectivity index (χ2v) is 5.72. The topological polar surface area (TPSA) is 64.1 Å². The van der Waals surface area contributed by atoms with Gasteiger partial charge >= 0.3 is 6.18 Å². The molecule has 0 atom stereocenters. The normalized spacial score (nSPS) is 12.0. The fourth-order valence-corrected chi connectivity index (χ4v) is 2.81. The molecule has 0 saturated carbocycles. The van der Waals surface area contributed by atoms with Crippen LogP contribution in [0.4, 0.5) is 13.2 Å². The number of thiophene rings is 1. The van der Waals surface area contributed by atoms with Gasteiger partial charge in [-0.1, -0.05) is 6.07 Å². The summed E-state index contributed by atoms with van der Waals surface area (Å²) >= 11 is 1.48. The van der Waals surface area contributed by atoms with Crippen LogP contribution in [0.15, 0.2) is 34.3 Å². The molecule has 1 N–H and O–H groups in total. The first-order valence-electron chi connectivity index (χ1n) is 6.70. The Hall–Kier alpha value is -2.13. The van der Waals surface area contributed by atoms with E-state index in [0.717, 1.165) is 9.56 Å². The number of alkyl halides is 3. The lowest BCUT2D eigenvalue weighted by Crippen LogP contribution is -2.11. The van der Waals surface area contributed by atoms with E-state index in [1.54, 1.807) is 0 Å². The van der Waals surface area contributed by atoms with Crippen LogP contribution >= 0.6 is 11.3 Å². The number of oxazole rings is 1. The highest BCUT2D eigenvalue weighted by Gasteiger charge is 2.37. The molecule has 0 amide bonds. The van der Waals surface area contributed by atoms with Gasteiger partial charge in [0.1, 0.15) is 6.54 Å². The number of halogens is 3. The summed E-state index contributed by atoms with van der Waals surface area (Å²) in [6.45, 7) is -0.393. The van der Waals surface area contributed by atoms with Crippen LogP contribution in [-0.2, 0) is 19.1 Å². The molecule has 3 rings (SSSR count). The number of nitrogens with zero attached hydrogens (tertiary/aromatic N) is 3. The van der Waals surface area contributed by atoms with E-state index in [9.17, 15) is 13.2 Å². The monoisotopic (exact) mass is 343 g/mol. The molecule has 0 aromatic carbocycles. The Balaban J connectivity index is 1.83. The average molecular weight is 343 g/mol. The van der Waals surface area contributed by atoms with E-state index in [-0.39, 0.29) is 31.0 Å². The van der Waals surface area contributed by atoms with Crippen molar-refractivity contribution in [1.29, 1.82) is 0 Å². The summed E-state index contributed by atoms with van der Waals surface area (Å²) in [7, 11) is 0. The van der Waals surface area contributed by atoms with Gasteiger partial charge < -0.3 is 9.52 Å². The van der Waals surface area contributed by atoms with Gasteiger partial charge in [-0.25, -0.2) is 4.98 Å². The SMILES string of the molecule is OCCc1cn(Cc2ncc(-c3cccs3)o2)nc1C(F)(F)F. The maximum Gasteiger partial charge on any atom is 0.435 e. The van der Waals surface area contributed by atoms with Crippen molar-refractivity contribution in [2.45, 2.75) is 19.1 Å². The Bertz CT molecular complexity index is 778. The van der Waals surface area contributed by atoms with Gasteiger partial charge in [-0.15, -0.1) is 11.3 Å². The summed E-state index contributed by atoms with van der Waals surface area (Å²) in [5.74, 6) is 0.828. The highest BCUT2D eigenvalue weighted by atomic mass is 32.1. The molecule has 0 spiro atoms. The largest absolute Gasteiger partial charge is 0.438 e. The zero-order chi connectivity index (χ0) is 16.4. The Morgan fingerprint density at radius 2 is 2.17 bits per heavy atom. The molecule has 0 unspecified atom stereocenters. The lowest BCUT2D eigenvalue weighted by Gasteiger charge is -2.04. The van der Waals surface area contributed by atoms with E-state index in [4.69, 9.17) is 9.52 Å². The fraction of sp³-hybridized carbons (Fsp3) is 0.286. The number of aliphatic hydroxyl groups excluding tert-OH is 1. The third kappa shape index (κ3) is 3.45. The summed E-state index contributed by atoms with van der Waals surface area (Å²) in [5, 5.41) is 14.3. The Labute approximate surface area is 133 Å². The summed E-state index contributed by atoms with van der Waals surface area (Å²) in [6.07, 6.45) is -1.88. The lowest BCUT2D eigenvalue weighted by molar-refractivity contribution is -0.142. The quantitative estimate of drug-likeness (QED) is 0.773.